The maximum absolute atomic E-state index is 10.9. The topological polar surface area (TPSA) is 77.8 Å². The second-order valence-electron chi connectivity index (χ2n) is 4.45. The van der Waals surface area contributed by atoms with Crippen molar-refractivity contribution < 1.29 is 19.8 Å². The third-order valence-corrected chi connectivity index (χ3v) is 3.17. The molecule has 0 aliphatic rings. The normalized spacial score (nSPS) is 10.1. The summed E-state index contributed by atoms with van der Waals surface area (Å²) in [4.78, 5) is 23.7. The molecule has 0 saturated carbocycles. The molecule has 0 amide bonds. The Morgan fingerprint density at radius 3 is 1.38 bits per heavy atom. The summed E-state index contributed by atoms with van der Waals surface area (Å²) in [5.41, 5.74) is 2.17. The van der Waals surface area contributed by atoms with Crippen LogP contribution in [0.15, 0.2) is 48.5 Å². The summed E-state index contributed by atoms with van der Waals surface area (Å²) < 4.78 is 0. The third kappa shape index (κ3) is 3.20. The average molecular weight is 285 g/mol. The van der Waals surface area contributed by atoms with E-state index in [2.05, 4.69) is 0 Å². The molecule has 2 aromatic rings. The van der Waals surface area contributed by atoms with Gasteiger partial charge in [-0.3, -0.25) is 0 Å². The number of nitrogens with zero attached hydrogens (tertiary/aromatic N) is 1. The quantitative estimate of drug-likeness (QED) is 0.881. The van der Waals surface area contributed by atoms with E-state index < -0.39 is 11.9 Å². The van der Waals surface area contributed by atoms with Gasteiger partial charge in [-0.2, -0.15) is 0 Å². The van der Waals surface area contributed by atoms with Gasteiger partial charge in [0.15, 0.2) is 0 Å². The molecule has 108 valence electrons. The maximum atomic E-state index is 10.9. The van der Waals surface area contributed by atoms with Crippen LogP contribution in [-0.2, 0) is 0 Å². The molecule has 2 N–H and O–H groups in total. The lowest BCUT2D eigenvalue weighted by atomic mass is 10.1. The van der Waals surface area contributed by atoms with Crippen LogP contribution in [-0.4, -0.2) is 28.7 Å². The summed E-state index contributed by atoms with van der Waals surface area (Å²) in [6, 6.07) is 13.1. The van der Waals surface area contributed by atoms with Gasteiger partial charge in [0.1, 0.15) is 0 Å². The molecule has 5 nitrogen and oxygen atoms in total. The van der Waals surface area contributed by atoms with E-state index in [1.807, 2.05) is 11.8 Å². The summed E-state index contributed by atoms with van der Waals surface area (Å²) >= 11 is 0. The number of rotatable bonds is 5. The predicted octanol–water partition coefficient (Wildman–Crippen LogP) is 3.24. The standard InChI is InChI=1S/C16H15NO4/c1-2-17(13-7-3-11(4-8-13)15(18)19)14-9-5-12(6-10-14)16(20)21/h3-10H,2H2,1H3,(H,18,19)(H,20,21). The molecule has 2 aromatic carbocycles. The number of hydrogen-bond acceptors (Lipinski definition) is 3. The van der Waals surface area contributed by atoms with Crippen LogP contribution in [0.25, 0.3) is 0 Å². The molecule has 0 radical (unpaired) electrons. The van der Waals surface area contributed by atoms with E-state index in [0.717, 1.165) is 11.4 Å². The second kappa shape index (κ2) is 6.09. The van der Waals surface area contributed by atoms with Crippen molar-refractivity contribution in [3.63, 3.8) is 0 Å². The van der Waals surface area contributed by atoms with E-state index in [1.54, 1.807) is 48.5 Å². The van der Waals surface area contributed by atoms with Gasteiger partial charge in [-0.1, -0.05) is 0 Å². The van der Waals surface area contributed by atoms with Gasteiger partial charge in [-0.05, 0) is 55.5 Å². The number of carbonyl (C=O) groups is 2. The van der Waals surface area contributed by atoms with Gasteiger partial charge in [-0.25, -0.2) is 9.59 Å². The molecule has 0 saturated heterocycles. The van der Waals surface area contributed by atoms with E-state index in [9.17, 15) is 9.59 Å². The molecule has 0 heterocycles. The van der Waals surface area contributed by atoms with Crippen LogP contribution in [0.5, 0.6) is 0 Å². The molecule has 0 atom stereocenters. The number of anilines is 2. The van der Waals surface area contributed by atoms with Crippen molar-refractivity contribution in [1.29, 1.82) is 0 Å². The molecule has 0 fully saturated rings. The van der Waals surface area contributed by atoms with Gasteiger partial charge in [0, 0.05) is 17.9 Å². The van der Waals surface area contributed by atoms with Crippen molar-refractivity contribution in [2.24, 2.45) is 0 Å². The van der Waals surface area contributed by atoms with E-state index in [1.165, 1.54) is 0 Å². The SMILES string of the molecule is CCN(c1ccc(C(=O)O)cc1)c1ccc(C(=O)O)cc1. The van der Waals surface area contributed by atoms with E-state index in [-0.39, 0.29) is 11.1 Å². The predicted molar refractivity (Wildman–Crippen MR) is 79.5 cm³/mol. The van der Waals surface area contributed by atoms with Gasteiger partial charge in [0.2, 0.25) is 0 Å². The first-order valence-electron chi connectivity index (χ1n) is 6.47. The first-order chi connectivity index (χ1) is 10.0. The Balaban J connectivity index is 2.30. The third-order valence-electron chi connectivity index (χ3n) is 3.17. The molecule has 0 aromatic heterocycles. The zero-order chi connectivity index (χ0) is 15.4. The highest BCUT2D eigenvalue weighted by Crippen LogP contribution is 2.25. The summed E-state index contributed by atoms with van der Waals surface area (Å²) in [5, 5.41) is 17.8. The lowest BCUT2D eigenvalue weighted by Gasteiger charge is -2.23. The Bertz CT molecular complexity index is 589. The molecule has 0 aliphatic heterocycles. The minimum Gasteiger partial charge on any atom is -0.478 e. The van der Waals surface area contributed by atoms with Crippen LogP contribution < -0.4 is 4.90 Å². The zero-order valence-corrected chi connectivity index (χ0v) is 11.5. The van der Waals surface area contributed by atoms with Gasteiger partial charge in [-0.15, -0.1) is 0 Å². The Morgan fingerprint density at radius 2 is 1.14 bits per heavy atom. The Morgan fingerprint density at radius 1 is 0.810 bits per heavy atom. The first kappa shape index (κ1) is 14.6. The molecule has 5 heteroatoms. The highest BCUT2D eigenvalue weighted by molar-refractivity contribution is 5.89. The minimum absolute atomic E-state index is 0.232. The van der Waals surface area contributed by atoms with Crippen molar-refractivity contribution in [1.82, 2.24) is 0 Å². The van der Waals surface area contributed by atoms with Gasteiger partial charge < -0.3 is 15.1 Å². The lowest BCUT2D eigenvalue weighted by Crippen LogP contribution is -2.16. The maximum Gasteiger partial charge on any atom is 0.335 e. The minimum atomic E-state index is -0.963. The highest BCUT2D eigenvalue weighted by Gasteiger charge is 2.10. The van der Waals surface area contributed by atoms with Crippen LogP contribution in [0.4, 0.5) is 11.4 Å². The Hall–Kier alpha value is -2.82. The van der Waals surface area contributed by atoms with Gasteiger partial charge in [0.25, 0.3) is 0 Å². The number of aromatic carboxylic acids is 2. The molecule has 2 rings (SSSR count). The van der Waals surface area contributed by atoms with Gasteiger partial charge >= 0.3 is 11.9 Å². The fourth-order valence-corrected chi connectivity index (χ4v) is 2.08. The van der Waals surface area contributed by atoms with E-state index in [4.69, 9.17) is 10.2 Å². The molecular weight excluding hydrogens is 270 g/mol. The van der Waals surface area contributed by atoms with Crippen LogP contribution in [0.3, 0.4) is 0 Å². The summed E-state index contributed by atoms with van der Waals surface area (Å²) in [5.74, 6) is -1.93. The van der Waals surface area contributed by atoms with E-state index >= 15 is 0 Å². The largest absolute Gasteiger partial charge is 0.478 e. The average Bonchev–Trinajstić information content (AvgIpc) is 2.49. The van der Waals surface area contributed by atoms with Crippen LogP contribution in [0, 0.1) is 0 Å². The van der Waals surface area contributed by atoms with Crippen LogP contribution in [0.2, 0.25) is 0 Å². The Labute approximate surface area is 122 Å². The van der Waals surface area contributed by atoms with Crippen LogP contribution in [0.1, 0.15) is 27.6 Å². The number of carboxylic acid groups (broad SMARTS) is 2. The fraction of sp³-hybridized carbons (Fsp3) is 0.125. The molecule has 0 unspecified atom stereocenters. The van der Waals surface area contributed by atoms with Crippen molar-refractivity contribution in [2.45, 2.75) is 6.92 Å². The van der Waals surface area contributed by atoms with Crippen molar-refractivity contribution in [3.8, 4) is 0 Å². The van der Waals surface area contributed by atoms with Crippen LogP contribution >= 0.6 is 0 Å². The smallest absolute Gasteiger partial charge is 0.335 e. The summed E-state index contributed by atoms with van der Waals surface area (Å²) in [7, 11) is 0. The molecule has 0 spiro atoms. The molecule has 0 bridgehead atoms. The van der Waals surface area contributed by atoms with Gasteiger partial charge in [0.05, 0.1) is 11.1 Å². The van der Waals surface area contributed by atoms with Crippen molar-refractivity contribution in [3.05, 3.63) is 59.7 Å². The monoisotopic (exact) mass is 285 g/mol. The summed E-state index contributed by atoms with van der Waals surface area (Å²) in [6.07, 6.45) is 0. The Kier molecular flexibility index (Phi) is 4.23. The number of benzene rings is 2. The number of carboxylic acids is 2. The zero-order valence-electron chi connectivity index (χ0n) is 11.5. The van der Waals surface area contributed by atoms with Crippen molar-refractivity contribution in [2.75, 3.05) is 11.4 Å². The molecule has 0 aliphatic carbocycles. The lowest BCUT2D eigenvalue weighted by molar-refractivity contribution is 0.0686. The van der Waals surface area contributed by atoms with Crippen molar-refractivity contribution >= 4 is 23.3 Å². The second-order valence-corrected chi connectivity index (χ2v) is 4.45. The first-order valence-corrected chi connectivity index (χ1v) is 6.47. The fourth-order valence-electron chi connectivity index (χ4n) is 2.08. The molecule has 21 heavy (non-hydrogen) atoms. The highest BCUT2D eigenvalue weighted by atomic mass is 16.4. The molecular formula is C16H15NO4. The summed E-state index contributed by atoms with van der Waals surface area (Å²) in [6.45, 7) is 2.65. The number of hydrogen-bond donors (Lipinski definition) is 2. The van der Waals surface area contributed by atoms with E-state index in [0.29, 0.717) is 6.54 Å².